The van der Waals surface area contributed by atoms with Gasteiger partial charge in [-0.05, 0) is 30.7 Å². The van der Waals surface area contributed by atoms with Crippen LogP contribution in [0, 0.1) is 6.92 Å². The monoisotopic (exact) mass is 211 g/mol. The van der Waals surface area contributed by atoms with E-state index in [2.05, 4.69) is 11.9 Å². The lowest BCUT2D eigenvalue weighted by molar-refractivity contribution is 0.0691. The minimum atomic E-state index is -0.894. The second-order valence-corrected chi connectivity index (χ2v) is 4.05. The van der Waals surface area contributed by atoms with Crippen molar-refractivity contribution in [1.29, 1.82) is 0 Å². The van der Waals surface area contributed by atoms with E-state index >= 15 is 0 Å². The van der Waals surface area contributed by atoms with Crippen LogP contribution in [0.15, 0.2) is 17.3 Å². The van der Waals surface area contributed by atoms with Crippen molar-refractivity contribution in [1.82, 2.24) is 4.98 Å². The van der Waals surface area contributed by atoms with Gasteiger partial charge in [0.05, 0.1) is 5.56 Å². The van der Waals surface area contributed by atoms with Gasteiger partial charge in [0.2, 0.25) is 0 Å². The van der Waals surface area contributed by atoms with E-state index in [9.17, 15) is 4.79 Å². The fourth-order valence-electron chi connectivity index (χ4n) is 1.10. The topological polar surface area (TPSA) is 50.2 Å². The van der Waals surface area contributed by atoms with E-state index in [1.807, 2.05) is 0 Å². The maximum absolute atomic E-state index is 11.0. The number of thioether (sulfide) groups is 1. The van der Waals surface area contributed by atoms with Gasteiger partial charge in [-0.15, -0.1) is 11.8 Å². The molecular formula is C10H13NO2S. The largest absolute Gasteiger partial charge is 0.478 e. The van der Waals surface area contributed by atoms with Gasteiger partial charge in [0.15, 0.2) is 0 Å². The molecule has 0 saturated heterocycles. The van der Waals surface area contributed by atoms with Crippen LogP contribution in [0.5, 0.6) is 0 Å². The molecule has 0 unspecified atom stereocenters. The summed E-state index contributed by atoms with van der Waals surface area (Å²) in [4.78, 5) is 15.0. The molecule has 1 aromatic rings. The third-order valence-corrected chi connectivity index (χ3v) is 2.98. The molecule has 0 aliphatic rings. The maximum atomic E-state index is 11.0. The first-order chi connectivity index (χ1) is 6.66. The minimum Gasteiger partial charge on any atom is -0.478 e. The Labute approximate surface area is 87.6 Å². The summed E-state index contributed by atoms with van der Waals surface area (Å²) in [7, 11) is 0. The molecule has 4 heteroatoms. The first kappa shape index (κ1) is 11.0. The van der Waals surface area contributed by atoms with Gasteiger partial charge in [-0.3, -0.25) is 0 Å². The first-order valence-electron chi connectivity index (χ1n) is 4.48. The summed E-state index contributed by atoms with van der Waals surface area (Å²) in [5, 5.41) is 9.62. The molecular weight excluding hydrogens is 198 g/mol. The van der Waals surface area contributed by atoms with E-state index in [0.717, 1.165) is 17.7 Å². The highest BCUT2D eigenvalue weighted by Crippen LogP contribution is 2.23. The lowest BCUT2D eigenvalue weighted by Crippen LogP contribution is -2.03. The summed E-state index contributed by atoms with van der Waals surface area (Å²) >= 11 is 1.50. The molecule has 0 atom stereocenters. The Kier molecular flexibility index (Phi) is 3.95. The Morgan fingerprint density at radius 3 is 2.93 bits per heavy atom. The van der Waals surface area contributed by atoms with Gasteiger partial charge >= 0.3 is 5.97 Å². The second kappa shape index (κ2) is 5.00. The lowest BCUT2D eigenvalue weighted by Gasteiger charge is -2.05. The van der Waals surface area contributed by atoms with Crippen LogP contribution < -0.4 is 0 Å². The van der Waals surface area contributed by atoms with Crippen LogP contribution in [-0.2, 0) is 0 Å². The van der Waals surface area contributed by atoms with Gasteiger partial charge in [0, 0.05) is 6.20 Å². The van der Waals surface area contributed by atoms with E-state index in [1.165, 1.54) is 11.8 Å². The van der Waals surface area contributed by atoms with Crippen molar-refractivity contribution in [2.75, 3.05) is 5.75 Å². The molecule has 0 spiro atoms. The van der Waals surface area contributed by atoms with E-state index in [0.29, 0.717) is 10.6 Å². The van der Waals surface area contributed by atoms with Gasteiger partial charge in [-0.2, -0.15) is 0 Å². The Morgan fingerprint density at radius 1 is 1.64 bits per heavy atom. The number of hydrogen-bond acceptors (Lipinski definition) is 3. The summed E-state index contributed by atoms with van der Waals surface area (Å²) in [6, 6.07) is 1.72. The normalized spacial score (nSPS) is 10.1. The van der Waals surface area contributed by atoms with Crippen LogP contribution in [0.3, 0.4) is 0 Å². The van der Waals surface area contributed by atoms with E-state index in [1.54, 1.807) is 19.2 Å². The van der Waals surface area contributed by atoms with Gasteiger partial charge < -0.3 is 5.11 Å². The van der Waals surface area contributed by atoms with Gasteiger partial charge in [-0.1, -0.05) is 6.92 Å². The highest BCUT2D eigenvalue weighted by Gasteiger charge is 2.13. The van der Waals surface area contributed by atoms with Crippen molar-refractivity contribution in [3.8, 4) is 0 Å². The van der Waals surface area contributed by atoms with Crippen molar-refractivity contribution in [3.05, 3.63) is 23.4 Å². The summed E-state index contributed by atoms with van der Waals surface area (Å²) in [5.74, 6) is 0.00528. The van der Waals surface area contributed by atoms with E-state index in [4.69, 9.17) is 5.11 Å². The molecule has 0 saturated carbocycles. The number of nitrogens with zero attached hydrogens (tertiary/aromatic N) is 1. The highest BCUT2D eigenvalue weighted by atomic mass is 32.2. The maximum Gasteiger partial charge on any atom is 0.338 e. The Balaban J connectivity index is 3.02. The molecule has 3 nitrogen and oxygen atoms in total. The number of hydrogen-bond donors (Lipinski definition) is 1. The fraction of sp³-hybridized carbons (Fsp3) is 0.400. The molecule has 1 heterocycles. The van der Waals surface area contributed by atoms with Crippen molar-refractivity contribution in [2.45, 2.75) is 25.3 Å². The lowest BCUT2D eigenvalue weighted by atomic mass is 10.2. The molecule has 0 bridgehead atoms. The van der Waals surface area contributed by atoms with Crippen LogP contribution in [0.2, 0.25) is 0 Å². The van der Waals surface area contributed by atoms with Gasteiger partial charge in [-0.25, -0.2) is 9.78 Å². The third kappa shape index (κ3) is 2.48. The predicted molar refractivity (Wildman–Crippen MR) is 56.9 cm³/mol. The van der Waals surface area contributed by atoms with E-state index in [-0.39, 0.29) is 0 Å². The Morgan fingerprint density at radius 2 is 2.36 bits per heavy atom. The van der Waals surface area contributed by atoms with Crippen LogP contribution >= 0.6 is 11.8 Å². The third-order valence-electron chi connectivity index (χ3n) is 1.78. The average molecular weight is 211 g/mol. The molecule has 1 aromatic heterocycles. The molecule has 14 heavy (non-hydrogen) atoms. The number of rotatable bonds is 4. The Hall–Kier alpha value is -1.03. The summed E-state index contributed by atoms with van der Waals surface area (Å²) < 4.78 is 0. The molecule has 0 amide bonds. The number of carboxylic acids is 1. The summed E-state index contributed by atoms with van der Waals surface area (Å²) in [6.07, 6.45) is 2.67. The molecule has 1 N–H and O–H groups in total. The number of aromatic nitrogens is 1. The number of carboxylic acid groups (broad SMARTS) is 1. The molecule has 76 valence electrons. The molecule has 0 fully saturated rings. The number of aryl methyl sites for hydroxylation is 1. The first-order valence-corrected chi connectivity index (χ1v) is 5.47. The number of carbonyl (C=O) groups is 1. The molecule has 0 aliphatic carbocycles. The van der Waals surface area contributed by atoms with Gasteiger partial charge in [0.25, 0.3) is 0 Å². The quantitative estimate of drug-likeness (QED) is 0.778. The Bertz CT molecular complexity index is 339. The smallest absolute Gasteiger partial charge is 0.338 e. The molecule has 1 rings (SSSR count). The standard InChI is InChI=1S/C10H13NO2S/c1-3-6-14-9-8(10(12)13)7(2)4-5-11-9/h4-5H,3,6H2,1-2H3,(H,12,13). The second-order valence-electron chi connectivity index (χ2n) is 2.96. The van der Waals surface area contributed by atoms with Crippen LogP contribution in [0.1, 0.15) is 29.3 Å². The van der Waals surface area contributed by atoms with Crippen LogP contribution in [0.4, 0.5) is 0 Å². The molecule has 0 aromatic carbocycles. The zero-order valence-corrected chi connectivity index (χ0v) is 9.10. The number of aromatic carboxylic acids is 1. The summed E-state index contributed by atoms with van der Waals surface area (Å²) in [6.45, 7) is 3.85. The molecule has 0 radical (unpaired) electrons. The van der Waals surface area contributed by atoms with Crippen molar-refractivity contribution < 1.29 is 9.90 Å². The summed E-state index contributed by atoms with van der Waals surface area (Å²) in [5.41, 5.74) is 1.11. The SMILES string of the molecule is CCCSc1nccc(C)c1C(=O)O. The van der Waals surface area contributed by atoms with E-state index < -0.39 is 5.97 Å². The van der Waals surface area contributed by atoms with Crippen molar-refractivity contribution in [3.63, 3.8) is 0 Å². The van der Waals surface area contributed by atoms with Crippen molar-refractivity contribution in [2.24, 2.45) is 0 Å². The fourth-order valence-corrected chi connectivity index (χ4v) is 2.03. The van der Waals surface area contributed by atoms with Gasteiger partial charge in [0.1, 0.15) is 5.03 Å². The van der Waals surface area contributed by atoms with Crippen LogP contribution in [0.25, 0.3) is 0 Å². The highest BCUT2D eigenvalue weighted by molar-refractivity contribution is 7.99. The van der Waals surface area contributed by atoms with Crippen LogP contribution in [-0.4, -0.2) is 21.8 Å². The molecule has 0 aliphatic heterocycles. The zero-order valence-electron chi connectivity index (χ0n) is 8.28. The predicted octanol–water partition coefficient (Wildman–Crippen LogP) is 2.59. The minimum absolute atomic E-state index is 0.339. The zero-order chi connectivity index (χ0) is 10.6. The number of pyridine rings is 1. The average Bonchev–Trinajstić information content (AvgIpc) is 2.14. The van der Waals surface area contributed by atoms with Crippen molar-refractivity contribution >= 4 is 17.7 Å².